The summed E-state index contributed by atoms with van der Waals surface area (Å²) in [5.41, 5.74) is 5.28. The van der Waals surface area contributed by atoms with Gasteiger partial charge in [-0.25, -0.2) is 4.98 Å². The van der Waals surface area contributed by atoms with E-state index >= 15 is 0 Å². The molecule has 0 bridgehead atoms. The first-order valence-electron chi connectivity index (χ1n) is 9.87. The number of anilines is 1. The Kier molecular flexibility index (Phi) is 5.29. The number of amides is 2. The Bertz CT molecular complexity index is 1260. The van der Waals surface area contributed by atoms with E-state index in [-0.39, 0.29) is 10.7 Å². The van der Waals surface area contributed by atoms with Crippen LogP contribution in [0.3, 0.4) is 0 Å². The van der Waals surface area contributed by atoms with Crippen LogP contribution in [0.5, 0.6) is 0 Å². The Morgan fingerprint density at radius 2 is 1.81 bits per heavy atom. The number of carbonyl (C=O) groups excluding carboxylic acids is 2. The molecule has 6 nitrogen and oxygen atoms in total. The molecule has 31 heavy (non-hydrogen) atoms. The summed E-state index contributed by atoms with van der Waals surface area (Å²) in [6.07, 6.45) is 3.35. The van der Waals surface area contributed by atoms with E-state index < -0.39 is 11.8 Å². The van der Waals surface area contributed by atoms with Crippen LogP contribution in [-0.4, -0.2) is 26.5 Å². The fourth-order valence-corrected chi connectivity index (χ4v) is 4.06. The Hall–Kier alpha value is -3.58. The average molecular weight is 431 g/mol. The van der Waals surface area contributed by atoms with E-state index in [0.29, 0.717) is 5.69 Å². The molecule has 3 heterocycles. The smallest absolute Gasteiger partial charge is 0.270 e. The standard InChI is InChI=1S/C24H22N4O2S/c1-14-8-7-9-20(16(14)3)28-23(30)19(22(29)26-24(28)31)13-18-12-15(2)27(17(18)4)21-10-5-6-11-25-21/h5-13H,1-4H3,(H,26,29,31)/b19-13+. The Morgan fingerprint density at radius 1 is 1.03 bits per heavy atom. The van der Waals surface area contributed by atoms with Gasteiger partial charge in [-0.1, -0.05) is 18.2 Å². The van der Waals surface area contributed by atoms with Gasteiger partial charge in [0.25, 0.3) is 11.8 Å². The number of nitrogens with one attached hydrogen (secondary N) is 1. The number of carbonyl (C=O) groups is 2. The largest absolute Gasteiger partial charge is 0.303 e. The zero-order chi connectivity index (χ0) is 22.3. The summed E-state index contributed by atoms with van der Waals surface area (Å²) in [4.78, 5) is 31.9. The highest BCUT2D eigenvalue weighted by Gasteiger charge is 2.35. The van der Waals surface area contributed by atoms with Crippen molar-refractivity contribution in [3.63, 3.8) is 0 Å². The highest BCUT2D eigenvalue weighted by Crippen LogP contribution is 2.28. The fourth-order valence-electron chi connectivity index (χ4n) is 3.78. The molecule has 1 aromatic carbocycles. The number of nitrogens with zero attached hydrogens (tertiary/aromatic N) is 3. The molecule has 1 fully saturated rings. The number of thiocarbonyl (C=S) groups is 1. The Labute approximate surface area is 186 Å². The highest BCUT2D eigenvalue weighted by molar-refractivity contribution is 7.80. The van der Waals surface area contributed by atoms with E-state index in [0.717, 1.165) is 33.9 Å². The number of pyridine rings is 1. The third kappa shape index (κ3) is 3.57. The molecule has 0 aliphatic carbocycles. The predicted octanol–water partition coefficient (Wildman–Crippen LogP) is 3.94. The van der Waals surface area contributed by atoms with Gasteiger partial charge in [0.2, 0.25) is 0 Å². The SMILES string of the molecule is Cc1cccc(N2C(=O)/C(=C/c3cc(C)n(-c4ccccn4)c3C)C(=O)NC2=S)c1C. The first-order chi connectivity index (χ1) is 14.8. The van der Waals surface area contributed by atoms with Gasteiger partial charge in [0.1, 0.15) is 11.4 Å². The second-order valence-electron chi connectivity index (χ2n) is 7.53. The predicted molar refractivity (Wildman–Crippen MR) is 125 cm³/mol. The van der Waals surface area contributed by atoms with Crippen molar-refractivity contribution in [2.75, 3.05) is 4.90 Å². The van der Waals surface area contributed by atoms with E-state index in [1.165, 1.54) is 4.90 Å². The first-order valence-corrected chi connectivity index (χ1v) is 10.3. The Morgan fingerprint density at radius 3 is 2.52 bits per heavy atom. The molecule has 0 radical (unpaired) electrons. The van der Waals surface area contributed by atoms with Gasteiger partial charge >= 0.3 is 0 Å². The molecule has 156 valence electrons. The quantitative estimate of drug-likeness (QED) is 0.388. The first kappa shape index (κ1) is 20.7. The zero-order valence-electron chi connectivity index (χ0n) is 17.8. The molecule has 1 aliphatic heterocycles. The van der Waals surface area contributed by atoms with E-state index in [1.54, 1.807) is 12.3 Å². The summed E-state index contributed by atoms with van der Waals surface area (Å²) < 4.78 is 1.99. The van der Waals surface area contributed by atoms with Gasteiger partial charge in [-0.3, -0.25) is 19.8 Å². The molecule has 0 spiro atoms. The number of aromatic nitrogens is 2. The summed E-state index contributed by atoms with van der Waals surface area (Å²) >= 11 is 5.33. The molecule has 1 N–H and O–H groups in total. The maximum atomic E-state index is 13.4. The van der Waals surface area contributed by atoms with E-state index in [2.05, 4.69) is 10.3 Å². The zero-order valence-corrected chi connectivity index (χ0v) is 18.6. The molecule has 0 saturated carbocycles. The number of hydrogen-bond acceptors (Lipinski definition) is 4. The van der Waals surface area contributed by atoms with Crippen molar-refractivity contribution in [3.05, 3.63) is 82.3 Å². The summed E-state index contributed by atoms with van der Waals surface area (Å²) in [5.74, 6) is -0.163. The highest BCUT2D eigenvalue weighted by atomic mass is 32.1. The number of benzene rings is 1. The van der Waals surface area contributed by atoms with Gasteiger partial charge < -0.3 is 4.57 Å². The Balaban J connectivity index is 1.79. The molecule has 4 rings (SSSR count). The van der Waals surface area contributed by atoms with E-state index in [1.807, 2.05) is 74.7 Å². The van der Waals surface area contributed by atoms with Crippen LogP contribution < -0.4 is 10.2 Å². The second-order valence-corrected chi connectivity index (χ2v) is 7.91. The number of aryl methyl sites for hydroxylation is 2. The third-order valence-electron chi connectivity index (χ3n) is 5.57. The lowest BCUT2D eigenvalue weighted by molar-refractivity contribution is -0.122. The van der Waals surface area contributed by atoms with Crippen molar-refractivity contribution >= 4 is 40.9 Å². The van der Waals surface area contributed by atoms with E-state index in [4.69, 9.17) is 12.2 Å². The van der Waals surface area contributed by atoms with Gasteiger partial charge in [0, 0.05) is 17.6 Å². The monoisotopic (exact) mass is 430 g/mol. The topological polar surface area (TPSA) is 67.2 Å². The van der Waals surface area contributed by atoms with Crippen LogP contribution in [0.2, 0.25) is 0 Å². The van der Waals surface area contributed by atoms with Gasteiger partial charge in [0.15, 0.2) is 5.11 Å². The normalized spacial score (nSPS) is 15.5. The van der Waals surface area contributed by atoms with Crippen LogP contribution in [0.1, 0.15) is 28.1 Å². The van der Waals surface area contributed by atoms with Gasteiger partial charge in [0.05, 0.1) is 5.69 Å². The van der Waals surface area contributed by atoms with Crippen molar-refractivity contribution in [2.45, 2.75) is 27.7 Å². The summed E-state index contributed by atoms with van der Waals surface area (Å²) in [7, 11) is 0. The van der Waals surface area contributed by atoms with Crippen LogP contribution in [-0.2, 0) is 9.59 Å². The van der Waals surface area contributed by atoms with Gasteiger partial charge in [-0.15, -0.1) is 0 Å². The van der Waals surface area contributed by atoms with Gasteiger partial charge in [-0.2, -0.15) is 0 Å². The molecule has 0 atom stereocenters. The fraction of sp³-hybridized carbons (Fsp3) is 0.167. The molecular weight excluding hydrogens is 408 g/mol. The average Bonchev–Trinajstić information content (AvgIpc) is 3.02. The lowest BCUT2D eigenvalue weighted by Crippen LogP contribution is -2.54. The third-order valence-corrected chi connectivity index (χ3v) is 5.85. The number of rotatable bonds is 3. The summed E-state index contributed by atoms with van der Waals surface area (Å²) in [6.45, 7) is 7.80. The molecular formula is C24H22N4O2S. The van der Waals surface area contributed by atoms with Crippen molar-refractivity contribution in [1.29, 1.82) is 0 Å². The van der Waals surface area contributed by atoms with Crippen LogP contribution in [0.15, 0.2) is 54.2 Å². The maximum absolute atomic E-state index is 13.4. The van der Waals surface area contributed by atoms with Crippen LogP contribution in [0.4, 0.5) is 5.69 Å². The van der Waals surface area contributed by atoms with Crippen molar-refractivity contribution < 1.29 is 9.59 Å². The molecule has 2 aromatic heterocycles. The van der Waals surface area contributed by atoms with Crippen molar-refractivity contribution in [2.24, 2.45) is 0 Å². The minimum atomic E-state index is -0.501. The molecule has 1 saturated heterocycles. The van der Waals surface area contributed by atoms with E-state index in [9.17, 15) is 9.59 Å². The molecule has 7 heteroatoms. The minimum Gasteiger partial charge on any atom is -0.303 e. The number of hydrogen-bond donors (Lipinski definition) is 1. The van der Waals surface area contributed by atoms with Crippen molar-refractivity contribution in [3.8, 4) is 5.82 Å². The van der Waals surface area contributed by atoms with Crippen LogP contribution in [0, 0.1) is 27.7 Å². The van der Waals surface area contributed by atoms with Crippen LogP contribution >= 0.6 is 12.2 Å². The summed E-state index contributed by atoms with van der Waals surface area (Å²) in [6, 6.07) is 13.3. The summed E-state index contributed by atoms with van der Waals surface area (Å²) in [5, 5.41) is 2.74. The lowest BCUT2D eigenvalue weighted by Gasteiger charge is -2.30. The molecule has 0 unspecified atom stereocenters. The molecule has 1 aliphatic rings. The lowest BCUT2D eigenvalue weighted by atomic mass is 10.0. The van der Waals surface area contributed by atoms with Crippen molar-refractivity contribution in [1.82, 2.24) is 14.9 Å². The maximum Gasteiger partial charge on any atom is 0.270 e. The van der Waals surface area contributed by atoms with Gasteiger partial charge in [-0.05, 0) is 86.9 Å². The minimum absolute atomic E-state index is 0.0378. The second kappa shape index (κ2) is 7.92. The molecule has 3 aromatic rings. The van der Waals surface area contributed by atoms with Crippen LogP contribution in [0.25, 0.3) is 11.9 Å². The molecule has 2 amide bonds.